The maximum Gasteiger partial charge on any atom is 0.0760 e. The van der Waals surface area contributed by atoms with E-state index in [-0.39, 0.29) is 11.2 Å². The summed E-state index contributed by atoms with van der Waals surface area (Å²) in [6.45, 7) is 12.3. The summed E-state index contributed by atoms with van der Waals surface area (Å²) in [7, 11) is 0. The molecule has 1 aliphatic heterocycles. The Labute approximate surface area is 118 Å². The minimum Gasteiger partial charge on any atom is -0.367 e. The third kappa shape index (κ3) is 3.32. The molecule has 0 radical (unpaired) electrons. The van der Waals surface area contributed by atoms with Gasteiger partial charge in [-0.25, -0.2) is 0 Å². The molecule has 0 aromatic rings. The smallest absolute Gasteiger partial charge is 0.0760 e. The van der Waals surface area contributed by atoms with Crippen LogP contribution in [0.4, 0.5) is 0 Å². The molecule has 2 saturated carbocycles. The molecule has 3 aliphatic rings. The summed E-state index contributed by atoms with van der Waals surface area (Å²) in [6.07, 6.45) is 5.58. The Morgan fingerprint density at radius 2 is 1.63 bits per heavy atom. The minimum absolute atomic E-state index is 0.00812. The van der Waals surface area contributed by atoms with Crippen molar-refractivity contribution in [3.8, 4) is 0 Å². The molecule has 0 amide bonds. The monoisotopic (exact) mass is 266 g/mol. The number of nitrogens with zero attached hydrogens (tertiary/aromatic N) is 1. The van der Waals surface area contributed by atoms with E-state index in [9.17, 15) is 0 Å². The number of hydrogen-bond donors (Lipinski definition) is 1. The lowest BCUT2D eigenvalue weighted by Gasteiger charge is -2.54. The van der Waals surface area contributed by atoms with E-state index < -0.39 is 0 Å². The van der Waals surface area contributed by atoms with Gasteiger partial charge in [0.25, 0.3) is 0 Å². The van der Waals surface area contributed by atoms with Gasteiger partial charge >= 0.3 is 0 Å². The molecule has 110 valence electrons. The van der Waals surface area contributed by atoms with Crippen molar-refractivity contribution in [1.29, 1.82) is 0 Å². The van der Waals surface area contributed by atoms with Crippen LogP contribution in [-0.2, 0) is 4.74 Å². The van der Waals surface area contributed by atoms with Gasteiger partial charge in [-0.3, -0.25) is 4.90 Å². The molecule has 2 aliphatic carbocycles. The molecule has 1 heterocycles. The molecule has 0 spiro atoms. The van der Waals surface area contributed by atoms with Crippen LogP contribution in [0.5, 0.6) is 0 Å². The standard InChI is InChI=1S/C16H30N2O/c1-15(2)10-18(11-16(3,4)19-15)14-8-5-12(14)9-17-13-6-7-13/h12-14,17H,5-11H2,1-4H3. The molecular formula is C16H30N2O. The predicted octanol–water partition coefficient (Wildman–Crippen LogP) is 2.41. The maximum absolute atomic E-state index is 6.20. The van der Waals surface area contributed by atoms with E-state index >= 15 is 0 Å². The minimum atomic E-state index is -0.00812. The summed E-state index contributed by atoms with van der Waals surface area (Å²) in [5.41, 5.74) is -0.0162. The van der Waals surface area contributed by atoms with Crippen molar-refractivity contribution in [2.24, 2.45) is 5.92 Å². The van der Waals surface area contributed by atoms with Gasteiger partial charge < -0.3 is 10.1 Å². The zero-order valence-corrected chi connectivity index (χ0v) is 13.0. The summed E-state index contributed by atoms with van der Waals surface area (Å²) in [6, 6.07) is 1.63. The topological polar surface area (TPSA) is 24.5 Å². The summed E-state index contributed by atoms with van der Waals surface area (Å²) in [4.78, 5) is 2.70. The van der Waals surface area contributed by atoms with Crippen molar-refractivity contribution in [2.75, 3.05) is 19.6 Å². The van der Waals surface area contributed by atoms with E-state index in [1.165, 1.54) is 32.2 Å². The Bertz CT molecular complexity index is 320. The van der Waals surface area contributed by atoms with Crippen LogP contribution in [-0.4, -0.2) is 47.8 Å². The lowest BCUT2D eigenvalue weighted by atomic mass is 9.77. The third-order valence-corrected chi connectivity index (χ3v) is 4.81. The van der Waals surface area contributed by atoms with Crippen LogP contribution in [0, 0.1) is 5.92 Å². The van der Waals surface area contributed by atoms with Crippen molar-refractivity contribution in [3.63, 3.8) is 0 Å². The second-order valence-corrected chi connectivity index (χ2v) is 8.11. The number of morpholine rings is 1. The molecule has 3 heteroatoms. The molecule has 19 heavy (non-hydrogen) atoms. The van der Waals surface area contributed by atoms with Crippen molar-refractivity contribution in [1.82, 2.24) is 10.2 Å². The second kappa shape index (κ2) is 4.71. The van der Waals surface area contributed by atoms with Gasteiger partial charge in [0.05, 0.1) is 11.2 Å². The van der Waals surface area contributed by atoms with E-state index in [2.05, 4.69) is 37.9 Å². The first-order valence-electron chi connectivity index (χ1n) is 8.02. The van der Waals surface area contributed by atoms with E-state index in [0.717, 1.165) is 31.1 Å². The van der Waals surface area contributed by atoms with Crippen LogP contribution >= 0.6 is 0 Å². The van der Waals surface area contributed by atoms with Gasteiger partial charge in [0.2, 0.25) is 0 Å². The molecule has 1 saturated heterocycles. The summed E-state index contributed by atoms with van der Waals surface area (Å²) in [5.74, 6) is 0.866. The van der Waals surface area contributed by atoms with Crippen LogP contribution in [0.2, 0.25) is 0 Å². The molecule has 1 N–H and O–H groups in total. The quantitative estimate of drug-likeness (QED) is 0.845. The maximum atomic E-state index is 6.20. The van der Waals surface area contributed by atoms with Gasteiger partial charge in [-0.05, 0) is 65.8 Å². The Morgan fingerprint density at radius 1 is 1.00 bits per heavy atom. The summed E-state index contributed by atoms with van der Waals surface area (Å²) < 4.78 is 6.20. The number of nitrogens with one attached hydrogen (secondary N) is 1. The average Bonchev–Trinajstić information content (AvgIpc) is 2.94. The molecule has 2 unspecified atom stereocenters. The average molecular weight is 266 g/mol. The lowest BCUT2D eigenvalue weighted by molar-refractivity contribution is -0.197. The fourth-order valence-electron chi connectivity index (χ4n) is 3.96. The Hall–Kier alpha value is -0.120. The first-order valence-corrected chi connectivity index (χ1v) is 8.02. The Morgan fingerprint density at radius 3 is 2.11 bits per heavy atom. The van der Waals surface area contributed by atoms with Crippen LogP contribution in [0.25, 0.3) is 0 Å². The normalized spacial score (nSPS) is 37.9. The number of ether oxygens (including phenoxy) is 1. The Kier molecular flexibility index (Phi) is 3.43. The van der Waals surface area contributed by atoms with Crippen molar-refractivity contribution in [2.45, 2.75) is 76.7 Å². The fourth-order valence-corrected chi connectivity index (χ4v) is 3.96. The largest absolute Gasteiger partial charge is 0.367 e. The molecule has 3 rings (SSSR count). The first-order chi connectivity index (χ1) is 8.85. The molecule has 3 nitrogen and oxygen atoms in total. The number of rotatable bonds is 4. The lowest BCUT2D eigenvalue weighted by Crippen LogP contribution is -2.63. The van der Waals surface area contributed by atoms with Crippen LogP contribution in [0.1, 0.15) is 53.4 Å². The predicted molar refractivity (Wildman–Crippen MR) is 78.4 cm³/mol. The highest BCUT2D eigenvalue weighted by molar-refractivity contribution is 4.98. The zero-order valence-electron chi connectivity index (χ0n) is 13.0. The SMILES string of the molecule is CC1(C)CN(C2CCC2CNC2CC2)CC(C)(C)O1. The molecular weight excluding hydrogens is 236 g/mol. The van der Waals surface area contributed by atoms with E-state index in [0.29, 0.717) is 0 Å². The molecule has 0 bridgehead atoms. The third-order valence-electron chi connectivity index (χ3n) is 4.81. The number of hydrogen-bond acceptors (Lipinski definition) is 3. The van der Waals surface area contributed by atoms with Gasteiger partial charge in [-0.1, -0.05) is 0 Å². The second-order valence-electron chi connectivity index (χ2n) is 8.11. The van der Waals surface area contributed by atoms with E-state index in [1.54, 1.807) is 0 Å². The molecule has 0 aromatic heterocycles. The van der Waals surface area contributed by atoms with E-state index in [1.807, 2.05) is 0 Å². The van der Waals surface area contributed by atoms with Gasteiger partial charge in [0.15, 0.2) is 0 Å². The highest BCUT2D eigenvalue weighted by Gasteiger charge is 2.44. The Balaban J connectivity index is 1.57. The molecule has 3 fully saturated rings. The van der Waals surface area contributed by atoms with Crippen LogP contribution in [0.15, 0.2) is 0 Å². The van der Waals surface area contributed by atoms with Crippen LogP contribution < -0.4 is 5.32 Å². The van der Waals surface area contributed by atoms with Gasteiger partial charge in [0.1, 0.15) is 0 Å². The van der Waals surface area contributed by atoms with Gasteiger partial charge in [0, 0.05) is 25.2 Å². The summed E-state index contributed by atoms with van der Waals surface area (Å²) in [5, 5.41) is 3.71. The van der Waals surface area contributed by atoms with Crippen molar-refractivity contribution >= 4 is 0 Å². The molecule has 0 aromatic carbocycles. The van der Waals surface area contributed by atoms with E-state index in [4.69, 9.17) is 4.74 Å². The fraction of sp³-hybridized carbons (Fsp3) is 1.00. The molecule has 2 atom stereocenters. The van der Waals surface area contributed by atoms with Crippen LogP contribution in [0.3, 0.4) is 0 Å². The highest BCUT2D eigenvalue weighted by Crippen LogP contribution is 2.38. The summed E-state index contributed by atoms with van der Waals surface area (Å²) >= 11 is 0. The highest BCUT2D eigenvalue weighted by atomic mass is 16.5. The van der Waals surface area contributed by atoms with Gasteiger partial charge in [-0.2, -0.15) is 0 Å². The van der Waals surface area contributed by atoms with Crippen molar-refractivity contribution < 1.29 is 4.74 Å². The zero-order chi connectivity index (χ0) is 13.7. The first kappa shape index (κ1) is 13.8. The van der Waals surface area contributed by atoms with Crippen molar-refractivity contribution in [3.05, 3.63) is 0 Å². The van der Waals surface area contributed by atoms with Gasteiger partial charge in [-0.15, -0.1) is 0 Å².